The van der Waals surface area contributed by atoms with Crippen molar-refractivity contribution < 1.29 is 9.90 Å². The number of nitrogens with zero attached hydrogens (tertiary/aromatic N) is 4. The van der Waals surface area contributed by atoms with Gasteiger partial charge in [0.25, 0.3) is 0 Å². The Morgan fingerprint density at radius 3 is 2.57 bits per heavy atom. The lowest BCUT2D eigenvalue weighted by molar-refractivity contribution is -0.131. The summed E-state index contributed by atoms with van der Waals surface area (Å²) in [5, 5.41) is 19.9. The maximum Gasteiger partial charge on any atom is 0.328 e. The zero-order valence-electron chi connectivity index (χ0n) is 8.30. The number of tetrazole rings is 1. The summed E-state index contributed by atoms with van der Waals surface area (Å²) in [6, 6.07) is 0. The van der Waals surface area contributed by atoms with Gasteiger partial charge in [-0.2, -0.15) is 4.80 Å². The molecule has 0 bridgehead atoms. The number of aromatic nitrogens is 4. The summed E-state index contributed by atoms with van der Waals surface area (Å²) in [6.45, 7) is 5.79. The molecule has 1 aromatic rings. The number of carboxylic acid groups (broad SMARTS) is 1. The van der Waals surface area contributed by atoms with Gasteiger partial charge < -0.3 is 5.11 Å². The summed E-state index contributed by atoms with van der Waals surface area (Å²) < 4.78 is 0. The second kappa shape index (κ2) is 3.57. The number of hydrogen-bond acceptors (Lipinski definition) is 4. The predicted molar refractivity (Wildman–Crippen MR) is 49.5 cm³/mol. The molecule has 0 aliphatic heterocycles. The van der Waals surface area contributed by atoms with Crippen LogP contribution in [0.3, 0.4) is 0 Å². The molecule has 0 amide bonds. The average molecular weight is 196 g/mol. The van der Waals surface area contributed by atoms with Crippen LogP contribution >= 0.6 is 0 Å². The molecule has 14 heavy (non-hydrogen) atoms. The van der Waals surface area contributed by atoms with Crippen LogP contribution in [-0.4, -0.2) is 31.3 Å². The van der Waals surface area contributed by atoms with Crippen LogP contribution in [0.1, 0.15) is 26.6 Å². The molecule has 0 aliphatic carbocycles. The molecule has 6 heteroatoms. The van der Waals surface area contributed by atoms with Crippen molar-refractivity contribution in [3.05, 3.63) is 11.9 Å². The van der Waals surface area contributed by atoms with Gasteiger partial charge in [0, 0.05) is 6.08 Å². The third kappa shape index (κ3) is 2.65. The zero-order valence-corrected chi connectivity index (χ0v) is 8.30. The lowest BCUT2D eigenvalue weighted by Crippen LogP contribution is -2.24. The zero-order chi connectivity index (χ0) is 10.8. The molecule has 0 aromatic carbocycles. The van der Waals surface area contributed by atoms with Crippen LogP contribution in [0.25, 0.3) is 6.08 Å². The first-order valence-electron chi connectivity index (χ1n) is 4.11. The van der Waals surface area contributed by atoms with Crippen molar-refractivity contribution >= 4 is 12.0 Å². The minimum absolute atomic E-state index is 0.248. The molecule has 0 saturated carbocycles. The summed E-state index contributed by atoms with van der Waals surface area (Å²) in [5.74, 6) is -0.737. The highest BCUT2D eigenvalue weighted by atomic mass is 16.4. The molecule has 1 heterocycles. The van der Waals surface area contributed by atoms with Gasteiger partial charge in [0.1, 0.15) is 0 Å². The summed E-state index contributed by atoms with van der Waals surface area (Å²) in [7, 11) is 0. The van der Waals surface area contributed by atoms with Gasteiger partial charge in [-0.05, 0) is 32.1 Å². The average Bonchev–Trinajstić information content (AvgIpc) is 2.47. The number of hydrogen-bond donors (Lipinski definition) is 1. The molecule has 1 aromatic heterocycles. The third-order valence-electron chi connectivity index (χ3n) is 1.40. The molecular formula is C8H12N4O2. The van der Waals surface area contributed by atoms with Gasteiger partial charge in [0.2, 0.25) is 0 Å². The third-order valence-corrected chi connectivity index (χ3v) is 1.40. The predicted octanol–water partition coefficient (Wildman–Crippen LogP) is 0.526. The maximum atomic E-state index is 10.2. The van der Waals surface area contributed by atoms with Crippen molar-refractivity contribution in [2.24, 2.45) is 0 Å². The SMILES string of the molecule is CC(C)(C)n1nnc(/C=C/C(=O)O)n1. The van der Waals surface area contributed by atoms with Crippen LogP contribution in [0, 0.1) is 0 Å². The van der Waals surface area contributed by atoms with E-state index in [-0.39, 0.29) is 5.54 Å². The quantitative estimate of drug-likeness (QED) is 0.697. The van der Waals surface area contributed by atoms with Crippen LogP contribution in [0.5, 0.6) is 0 Å². The van der Waals surface area contributed by atoms with E-state index in [1.165, 1.54) is 10.9 Å². The Labute approximate surface area is 81.2 Å². The maximum absolute atomic E-state index is 10.2. The molecule has 0 fully saturated rings. The summed E-state index contributed by atoms with van der Waals surface area (Å²) >= 11 is 0. The lowest BCUT2D eigenvalue weighted by Gasteiger charge is -2.15. The fourth-order valence-electron chi connectivity index (χ4n) is 0.722. The standard InChI is InChI=1S/C8H12N4O2/c1-8(2,3)12-10-6(9-11-12)4-5-7(13)14/h4-5H,1-3H3,(H,13,14)/b5-4+. The number of aliphatic carboxylic acids is 1. The van der Waals surface area contributed by atoms with Crippen molar-refractivity contribution in [3.8, 4) is 0 Å². The monoisotopic (exact) mass is 196 g/mol. The Morgan fingerprint density at radius 2 is 2.14 bits per heavy atom. The highest BCUT2D eigenvalue weighted by Gasteiger charge is 2.15. The first kappa shape index (κ1) is 10.4. The minimum atomic E-state index is -1.03. The molecule has 6 nitrogen and oxygen atoms in total. The van der Waals surface area contributed by atoms with Crippen molar-refractivity contribution in [1.82, 2.24) is 20.2 Å². The van der Waals surface area contributed by atoms with Gasteiger partial charge >= 0.3 is 5.97 Å². The molecule has 0 aliphatic rings. The van der Waals surface area contributed by atoms with Crippen molar-refractivity contribution in [1.29, 1.82) is 0 Å². The Balaban J connectivity index is 2.84. The van der Waals surface area contributed by atoms with Gasteiger partial charge in [-0.15, -0.1) is 10.2 Å². The molecule has 76 valence electrons. The smallest absolute Gasteiger partial charge is 0.328 e. The highest BCUT2D eigenvalue weighted by molar-refractivity contribution is 5.84. The Hall–Kier alpha value is -1.72. The second-order valence-electron chi connectivity index (χ2n) is 3.78. The van der Waals surface area contributed by atoms with Crippen molar-refractivity contribution in [3.63, 3.8) is 0 Å². The van der Waals surface area contributed by atoms with E-state index in [1.807, 2.05) is 20.8 Å². The fourth-order valence-corrected chi connectivity index (χ4v) is 0.722. The fraction of sp³-hybridized carbons (Fsp3) is 0.500. The Morgan fingerprint density at radius 1 is 1.50 bits per heavy atom. The molecule has 0 spiro atoms. The first-order valence-corrected chi connectivity index (χ1v) is 4.11. The van der Waals surface area contributed by atoms with Gasteiger partial charge in [-0.1, -0.05) is 0 Å². The van der Waals surface area contributed by atoms with E-state index < -0.39 is 5.97 Å². The Kier molecular flexibility index (Phi) is 2.64. The van der Waals surface area contributed by atoms with Crippen LogP contribution < -0.4 is 0 Å². The topological polar surface area (TPSA) is 80.9 Å². The molecule has 0 saturated heterocycles. The Bertz CT molecular complexity index is 362. The molecule has 0 atom stereocenters. The molecular weight excluding hydrogens is 184 g/mol. The van der Waals surface area contributed by atoms with E-state index in [9.17, 15) is 4.79 Å². The summed E-state index contributed by atoms with van der Waals surface area (Å²) in [6.07, 6.45) is 2.28. The normalized spacial score (nSPS) is 12.2. The van der Waals surface area contributed by atoms with Crippen molar-refractivity contribution in [2.75, 3.05) is 0 Å². The van der Waals surface area contributed by atoms with Crippen LogP contribution in [0.2, 0.25) is 0 Å². The summed E-state index contributed by atoms with van der Waals surface area (Å²) in [4.78, 5) is 11.6. The second-order valence-corrected chi connectivity index (χ2v) is 3.78. The van der Waals surface area contributed by atoms with Crippen LogP contribution in [-0.2, 0) is 10.3 Å². The van der Waals surface area contributed by atoms with Gasteiger partial charge in [-0.3, -0.25) is 0 Å². The number of carbonyl (C=O) groups is 1. The van der Waals surface area contributed by atoms with Crippen LogP contribution in [0.4, 0.5) is 0 Å². The van der Waals surface area contributed by atoms with Gasteiger partial charge in [-0.25, -0.2) is 4.79 Å². The van der Waals surface area contributed by atoms with Crippen molar-refractivity contribution in [2.45, 2.75) is 26.3 Å². The van der Waals surface area contributed by atoms with E-state index in [2.05, 4.69) is 15.4 Å². The number of rotatable bonds is 2. The highest BCUT2D eigenvalue weighted by Crippen LogP contribution is 2.09. The largest absolute Gasteiger partial charge is 0.478 e. The van der Waals surface area contributed by atoms with Crippen LogP contribution in [0.15, 0.2) is 6.08 Å². The van der Waals surface area contributed by atoms with E-state index in [1.54, 1.807) is 0 Å². The molecule has 1 N–H and O–H groups in total. The molecule has 0 radical (unpaired) electrons. The van der Waals surface area contributed by atoms with E-state index in [4.69, 9.17) is 5.11 Å². The lowest BCUT2D eigenvalue weighted by atomic mass is 10.1. The van der Waals surface area contributed by atoms with Gasteiger partial charge in [0.05, 0.1) is 5.54 Å². The molecule has 0 unspecified atom stereocenters. The first-order chi connectivity index (χ1) is 6.39. The molecule has 1 rings (SSSR count). The van der Waals surface area contributed by atoms with E-state index >= 15 is 0 Å². The number of carboxylic acids is 1. The summed E-state index contributed by atoms with van der Waals surface area (Å²) in [5.41, 5.74) is -0.248. The van der Waals surface area contributed by atoms with E-state index in [0.29, 0.717) is 5.82 Å². The minimum Gasteiger partial charge on any atom is -0.478 e. The van der Waals surface area contributed by atoms with Gasteiger partial charge in [0.15, 0.2) is 5.82 Å². The van der Waals surface area contributed by atoms with E-state index in [0.717, 1.165) is 6.08 Å².